The molecule has 0 saturated heterocycles. The first-order valence-electron chi connectivity index (χ1n) is 8.22. The molecule has 25 heavy (non-hydrogen) atoms. The number of anilines is 2. The second-order valence-corrected chi connectivity index (χ2v) is 6.55. The Morgan fingerprint density at radius 2 is 1.64 bits per heavy atom. The molecular formula is C21H18ClN3. The number of aryl methyl sites for hydroxylation is 1. The lowest BCUT2D eigenvalue weighted by molar-refractivity contribution is 0.827. The van der Waals surface area contributed by atoms with E-state index in [9.17, 15) is 0 Å². The fourth-order valence-corrected chi connectivity index (χ4v) is 3.00. The quantitative estimate of drug-likeness (QED) is 0.630. The molecule has 1 heterocycles. The molecule has 4 heteroatoms. The Labute approximate surface area is 152 Å². The molecule has 0 radical (unpaired) electrons. The molecule has 0 fully saturated rings. The molecule has 1 unspecified atom stereocenters. The van der Waals surface area contributed by atoms with Gasteiger partial charge in [0.2, 0.25) is 0 Å². The molecule has 2 N–H and O–H groups in total. The predicted octanol–water partition coefficient (Wildman–Crippen LogP) is 5.63. The first-order valence-corrected chi connectivity index (χ1v) is 8.60. The maximum Gasteiger partial charge on any atom is 0.147 e. The Morgan fingerprint density at radius 3 is 2.40 bits per heavy atom. The number of hydrogen-bond donors (Lipinski definition) is 2. The van der Waals surface area contributed by atoms with Crippen molar-refractivity contribution in [3.05, 3.63) is 94.5 Å². The normalized spacial score (nSPS) is 15.8. The third kappa shape index (κ3) is 3.37. The van der Waals surface area contributed by atoms with E-state index in [-0.39, 0.29) is 6.17 Å². The fraction of sp³-hybridized carbons (Fsp3) is 0.0952. The van der Waals surface area contributed by atoms with Crippen LogP contribution in [0.3, 0.4) is 0 Å². The Hall–Kier alpha value is -2.78. The zero-order valence-corrected chi connectivity index (χ0v) is 14.6. The Bertz CT molecular complexity index is 915. The lowest BCUT2D eigenvalue weighted by Gasteiger charge is -2.26. The minimum absolute atomic E-state index is 0.120. The van der Waals surface area contributed by atoms with Crippen LogP contribution >= 0.6 is 11.6 Å². The van der Waals surface area contributed by atoms with Gasteiger partial charge in [-0.05, 0) is 48.9 Å². The number of amidine groups is 1. The van der Waals surface area contributed by atoms with Crippen LogP contribution in [0.15, 0.2) is 77.8 Å². The highest BCUT2D eigenvalue weighted by Crippen LogP contribution is 2.30. The minimum Gasteiger partial charge on any atom is -0.359 e. The predicted molar refractivity (Wildman–Crippen MR) is 106 cm³/mol. The number of benzene rings is 3. The third-order valence-electron chi connectivity index (χ3n) is 4.23. The van der Waals surface area contributed by atoms with Gasteiger partial charge >= 0.3 is 0 Å². The number of para-hydroxylation sites is 1. The maximum absolute atomic E-state index is 5.98. The lowest BCUT2D eigenvalue weighted by atomic mass is 10.1. The Morgan fingerprint density at radius 1 is 0.920 bits per heavy atom. The van der Waals surface area contributed by atoms with Gasteiger partial charge in [0.15, 0.2) is 0 Å². The first-order chi connectivity index (χ1) is 12.2. The molecule has 3 aromatic rings. The average Bonchev–Trinajstić information content (AvgIpc) is 2.64. The van der Waals surface area contributed by atoms with E-state index < -0.39 is 0 Å². The smallest absolute Gasteiger partial charge is 0.147 e. The highest BCUT2D eigenvalue weighted by atomic mass is 35.5. The molecule has 0 aromatic heterocycles. The van der Waals surface area contributed by atoms with Gasteiger partial charge in [0, 0.05) is 22.0 Å². The molecule has 0 saturated carbocycles. The van der Waals surface area contributed by atoms with E-state index in [0.717, 1.165) is 33.4 Å². The third-order valence-corrected chi connectivity index (χ3v) is 4.48. The van der Waals surface area contributed by atoms with Crippen molar-refractivity contribution in [2.24, 2.45) is 4.99 Å². The molecule has 0 spiro atoms. The van der Waals surface area contributed by atoms with Gasteiger partial charge in [-0.25, -0.2) is 4.99 Å². The monoisotopic (exact) mass is 347 g/mol. The number of aliphatic imine (C=N–C) groups is 1. The molecule has 124 valence electrons. The fourth-order valence-electron chi connectivity index (χ4n) is 2.87. The second-order valence-electron chi connectivity index (χ2n) is 6.11. The van der Waals surface area contributed by atoms with Crippen molar-refractivity contribution in [3.63, 3.8) is 0 Å². The molecule has 4 rings (SSSR count). The van der Waals surface area contributed by atoms with Crippen molar-refractivity contribution in [2.45, 2.75) is 13.1 Å². The van der Waals surface area contributed by atoms with E-state index in [1.807, 2.05) is 36.4 Å². The summed E-state index contributed by atoms with van der Waals surface area (Å²) in [6.07, 6.45) is -0.120. The average molecular weight is 348 g/mol. The highest BCUT2D eigenvalue weighted by molar-refractivity contribution is 6.30. The summed E-state index contributed by atoms with van der Waals surface area (Å²) in [5.74, 6) is 0.849. The summed E-state index contributed by atoms with van der Waals surface area (Å²) < 4.78 is 0. The van der Waals surface area contributed by atoms with Crippen LogP contribution in [0.1, 0.15) is 22.9 Å². The van der Waals surface area contributed by atoms with Crippen molar-refractivity contribution >= 4 is 28.8 Å². The topological polar surface area (TPSA) is 36.4 Å². The van der Waals surface area contributed by atoms with E-state index in [1.54, 1.807) is 0 Å². The number of rotatable bonds is 2. The first kappa shape index (κ1) is 15.7. The van der Waals surface area contributed by atoms with Crippen LogP contribution in [-0.4, -0.2) is 5.84 Å². The summed E-state index contributed by atoms with van der Waals surface area (Å²) in [6, 6.07) is 24.3. The van der Waals surface area contributed by atoms with Gasteiger partial charge in [-0.3, -0.25) is 0 Å². The van der Waals surface area contributed by atoms with Gasteiger partial charge in [0.1, 0.15) is 12.0 Å². The molecule has 1 aliphatic rings. The molecule has 1 atom stereocenters. The molecule has 0 aliphatic carbocycles. The molecule has 1 aliphatic heterocycles. The minimum atomic E-state index is -0.120. The SMILES string of the molecule is Cc1ccc(C2N=C(Nc3ccc(Cl)cc3)c3ccccc3N2)cc1. The van der Waals surface area contributed by atoms with Gasteiger partial charge < -0.3 is 10.6 Å². The number of nitrogens with zero attached hydrogens (tertiary/aromatic N) is 1. The van der Waals surface area contributed by atoms with Gasteiger partial charge in [-0.15, -0.1) is 0 Å². The molecule has 0 bridgehead atoms. The van der Waals surface area contributed by atoms with Crippen LogP contribution in [0, 0.1) is 6.92 Å². The number of hydrogen-bond acceptors (Lipinski definition) is 3. The molecular weight excluding hydrogens is 330 g/mol. The standard InChI is InChI=1S/C21H18ClN3/c1-14-6-8-15(9-7-14)20-24-19-5-3-2-4-18(19)21(25-20)23-17-12-10-16(22)11-13-17/h2-13,20,24H,1H3,(H,23,25). The number of fused-ring (bicyclic) bond motifs is 1. The summed E-state index contributed by atoms with van der Waals surface area (Å²) >= 11 is 5.98. The second kappa shape index (κ2) is 6.61. The van der Waals surface area contributed by atoms with E-state index in [2.05, 4.69) is 54.0 Å². The van der Waals surface area contributed by atoms with Gasteiger partial charge in [-0.2, -0.15) is 0 Å². The van der Waals surface area contributed by atoms with Gasteiger partial charge in [-0.1, -0.05) is 53.6 Å². The van der Waals surface area contributed by atoms with E-state index in [1.165, 1.54) is 5.56 Å². The van der Waals surface area contributed by atoms with Crippen LogP contribution in [0.4, 0.5) is 11.4 Å². The summed E-state index contributed by atoms with van der Waals surface area (Å²) in [5.41, 5.74) is 5.46. The Balaban J connectivity index is 1.71. The molecule has 3 aromatic carbocycles. The van der Waals surface area contributed by atoms with Crippen molar-refractivity contribution < 1.29 is 0 Å². The number of halogens is 1. The maximum atomic E-state index is 5.98. The van der Waals surface area contributed by atoms with Crippen molar-refractivity contribution in [3.8, 4) is 0 Å². The van der Waals surface area contributed by atoms with E-state index in [0.29, 0.717) is 0 Å². The summed E-state index contributed by atoms with van der Waals surface area (Å²) in [5, 5.41) is 7.65. The van der Waals surface area contributed by atoms with Crippen molar-refractivity contribution in [2.75, 3.05) is 10.6 Å². The van der Waals surface area contributed by atoms with Crippen LogP contribution in [0.2, 0.25) is 5.02 Å². The van der Waals surface area contributed by atoms with Gasteiger partial charge in [0.25, 0.3) is 0 Å². The number of nitrogens with one attached hydrogen (secondary N) is 2. The van der Waals surface area contributed by atoms with E-state index in [4.69, 9.17) is 16.6 Å². The van der Waals surface area contributed by atoms with E-state index >= 15 is 0 Å². The largest absolute Gasteiger partial charge is 0.359 e. The van der Waals surface area contributed by atoms with Crippen LogP contribution in [-0.2, 0) is 0 Å². The van der Waals surface area contributed by atoms with Crippen molar-refractivity contribution in [1.82, 2.24) is 0 Å². The Kier molecular flexibility index (Phi) is 4.16. The highest BCUT2D eigenvalue weighted by Gasteiger charge is 2.21. The van der Waals surface area contributed by atoms with Crippen LogP contribution in [0.5, 0.6) is 0 Å². The lowest BCUT2D eigenvalue weighted by Crippen LogP contribution is -2.24. The van der Waals surface area contributed by atoms with Crippen LogP contribution < -0.4 is 10.6 Å². The van der Waals surface area contributed by atoms with Crippen molar-refractivity contribution in [1.29, 1.82) is 0 Å². The zero-order chi connectivity index (χ0) is 17.2. The molecule has 0 amide bonds. The zero-order valence-electron chi connectivity index (χ0n) is 13.8. The summed E-state index contributed by atoms with van der Waals surface area (Å²) in [6.45, 7) is 2.09. The summed E-state index contributed by atoms with van der Waals surface area (Å²) in [4.78, 5) is 4.90. The molecule has 3 nitrogen and oxygen atoms in total. The summed E-state index contributed by atoms with van der Waals surface area (Å²) in [7, 11) is 0. The van der Waals surface area contributed by atoms with Gasteiger partial charge in [0.05, 0.1) is 0 Å². The van der Waals surface area contributed by atoms with Crippen LogP contribution in [0.25, 0.3) is 0 Å².